The van der Waals surface area contributed by atoms with Crippen LogP contribution in [0.3, 0.4) is 0 Å². The van der Waals surface area contributed by atoms with Crippen molar-refractivity contribution in [1.82, 2.24) is 0 Å². The summed E-state index contributed by atoms with van der Waals surface area (Å²) in [5.41, 5.74) is 1.11. The SMILES string of the molecule is CCCC(C)CCCC1CC=C(C2CCC(O)C(F)C2F)CC1. The Labute approximate surface area is 140 Å². The molecule has 1 fully saturated rings. The Bertz CT molecular complexity index is 382. The van der Waals surface area contributed by atoms with Gasteiger partial charge in [-0.25, -0.2) is 8.78 Å². The van der Waals surface area contributed by atoms with Gasteiger partial charge in [-0.1, -0.05) is 57.6 Å². The summed E-state index contributed by atoms with van der Waals surface area (Å²) < 4.78 is 27.9. The quantitative estimate of drug-likeness (QED) is 0.588. The van der Waals surface area contributed by atoms with Crippen molar-refractivity contribution >= 4 is 0 Å². The average molecular weight is 328 g/mol. The molecular weight excluding hydrogens is 294 g/mol. The number of halogens is 2. The van der Waals surface area contributed by atoms with Gasteiger partial charge in [0, 0.05) is 5.92 Å². The van der Waals surface area contributed by atoms with Gasteiger partial charge >= 0.3 is 0 Å². The van der Waals surface area contributed by atoms with Crippen LogP contribution >= 0.6 is 0 Å². The highest BCUT2D eigenvalue weighted by atomic mass is 19.2. The van der Waals surface area contributed by atoms with E-state index in [-0.39, 0.29) is 5.92 Å². The van der Waals surface area contributed by atoms with E-state index in [1.165, 1.54) is 32.1 Å². The second-order valence-electron chi connectivity index (χ2n) is 7.88. The maximum Gasteiger partial charge on any atom is 0.157 e. The van der Waals surface area contributed by atoms with Crippen LogP contribution in [0.5, 0.6) is 0 Å². The van der Waals surface area contributed by atoms with Crippen LogP contribution in [0.4, 0.5) is 8.78 Å². The molecule has 1 nitrogen and oxygen atoms in total. The van der Waals surface area contributed by atoms with Gasteiger partial charge in [-0.2, -0.15) is 0 Å². The molecule has 2 aliphatic rings. The van der Waals surface area contributed by atoms with Crippen LogP contribution in [0.15, 0.2) is 11.6 Å². The van der Waals surface area contributed by atoms with Gasteiger partial charge in [0.2, 0.25) is 0 Å². The zero-order valence-electron chi connectivity index (χ0n) is 14.8. The molecule has 0 aromatic heterocycles. The second kappa shape index (κ2) is 9.15. The van der Waals surface area contributed by atoms with E-state index in [4.69, 9.17) is 0 Å². The van der Waals surface area contributed by atoms with Crippen molar-refractivity contribution in [1.29, 1.82) is 0 Å². The number of alkyl halides is 2. The van der Waals surface area contributed by atoms with Crippen LogP contribution < -0.4 is 0 Å². The van der Waals surface area contributed by atoms with Crippen molar-refractivity contribution in [2.45, 2.75) is 96.5 Å². The molecule has 6 unspecified atom stereocenters. The minimum atomic E-state index is -1.70. The zero-order valence-corrected chi connectivity index (χ0v) is 14.8. The number of hydrogen-bond donors (Lipinski definition) is 1. The molecule has 23 heavy (non-hydrogen) atoms. The molecule has 0 radical (unpaired) electrons. The van der Waals surface area contributed by atoms with Crippen molar-refractivity contribution in [3.05, 3.63) is 11.6 Å². The van der Waals surface area contributed by atoms with Crippen molar-refractivity contribution in [2.75, 3.05) is 0 Å². The molecule has 0 aromatic carbocycles. The van der Waals surface area contributed by atoms with E-state index in [1.807, 2.05) is 0 Å². The van der Waals surface area contributed by atoms with Crippen LogP contribution in [-0.4, -0.2) is 23.6 Å². The molecule has 0 amide bonds. The van der Waals surface area contributed by atoms with Gasteiger partial charge in [0.05, 0.1) is 6.10 Å². The minimum absolute atomic E-state index is 0.293. The van der Waals surface area contributed by atoms with E-state index < -0.39 is 18.4 Å². The Morgan fingerprint density at radius 2 is 1.96 bits per heavy atom. The Kier molecular flexibility index (Phi) is 7.52. The lowest BCUT2D eigenvalue weighted by molar-refractivity contribution is -0.0270. The fraction of sp³-hybridized carbons (Fsp3) is 0.900. The number of rotatable bonds is 7. The summed E-state index contributed by atoms with van der Waals surface area (Å²) in [6.07, 6.45) is 8.39. The highest BCUT2D eigenvalue weighted by Gasteiger charge is 2.41. The number of hydrogen-bond acceptors (Lipinski definition) is 1. The van der Waals surface area contributed by atoms with Crippen LogP contribution in [0.25, 0.3) is 0 Å². The Hall–Kier alpha value is -0.440. The first-order valence-electron chi connectivity index (χ1n) is 9.68. The summed E-state index contributed by atoms with van der Waals surface area (Å²) in [5, 5.41) is 9.45. The monoisotopic (exact) mass is 328 g/mol. The second-order valence-corrected chi connectivity index (χ2v) is 7.88. The molecule has 134 valence electrons. The maximum absolute atomic E-state index is 14.2. The van der Waals surface area contributed by atoms with Gasteiger partial charge in [-0.15, -0.1) is 0 Å². The van der Waals surface area contributed by atoms with E-state index >= 15 is 0 Å². The van der Waals surface area contributed by atoms with Crippen LogP contribution in [-0.2, 0) is 0 Å². The molecule has 0 spiro atoms. The minimum Gasteiger partial charge on any atom is -0.390 e. The van der Waals surface area contributed by atoms with Gasteiger partial charge in [0.1, 0.15) is 6.17 Å². The summed E-state index contributed by atoms with van der Waals surface area (Å²) in [6, 6.07) is 0. The lowest BCUT2D eigenvalue weighted by Gasteiger charge is -2.35. The van der Waals surface area contributed by atoms with E-state index in [0.717, 1.165) is 36.7 Å². The van der Waals surface area contributed by atoms with Crippen LogP contribution in [0.2, 0.25) is 0 Å². The molecule has 0 saturated heterocycles. The van der Waals surface area contributed by atoms with Crippen LogP contribution in [0, 0.1) is 17.8 Å². The lowest BCUT2D eigenvalue weighted by atomic mass is 9.74. The average Bonchev–Trinajstić information content (AvgIpc) is 2.54. The first-order valence-corrected chi connectivity index (χ1v) is 9.68. The van der Waals surface area contributed by atoms with Gasteiger partial charge < -0.3 is 5.11 Å². The molecule has 1 N–H and O–H groups in total. The normalized spacial score (nSPS) is 36.6. The molecular formula is C20H34F2O. The molecule has 2 rings (SSSR count). The summed E-state index contributed by atoms with van der Waals surface area (Å²) in [5.74, 6) is 1.26. The molecule has 6 atom stereocenters. The highest BCUT2D eigenvalue weighted by Crippen LogP contribution is 2.40. The molecule has 0 bridgehead atoms. The third kappa shape index (κ3) is 5.27. The van der Waals surface area contributed by atoms with Crippen molar-refractivity contribution < 1.29 is 13.9 Å². The topological polar surface area (TPSA) is 20.2 Å². The van der Waals surface area contributed by atoms with E-state index in [2.05, 4.69) is 19.9 Å². The fourth-order valence-electron chi connectivity index (χ4n) is 4.39. The smallest absolute Gasteiger partial charge is 0.157 e. The first-order chi connectivity index (χ1) is 11.0. The standard InChI is InChI=1S/C20H34F2O/c1-3-5-14(2)6-4-7-15-8-10-16(11-9-15)17-12-13-18(23)20(22)19(17)21/h10,14-15,17-20,23H,3-9,11-13H2,1-2H3. The lowest BCUT2D eigenvalue weighted by Crippen LogP contribution is -2.42. The molecule has 0 aliphatic heterocycles. The maximum atomic E-state index is 14.2. The fourth-order valence-corrected chi connectivity index (χ4v) is 4.39. The summed E-state index contributed by atoms with van der Waals surface area (Å²) in [6.45, 7) is 4.59. The Morgan fingerprint density at radius 1 is 1.17 bits per heavy atom. The van der Waals surface area contributed by atoms with Gasteiger partial charge in [0.25, 0.3) is 0 Å². The Morgan fingerprint density at radius 3 is 2.61 bits per heavy atom. The third-order valence-corrected chi connectivity index (χ3v) is 5.95. The van der Waals surface area contributed by atoms with Crippen molar-refractivity contribution in [3.63, 3.8) is 0 Å². The largest absolute Gasteiger partial charge is 0.390 e. The predicted molar refractivity (Wildman–Crippen MR) is 91.9 cm³/mol. The number of aliphatic hydroxyl groups is 1. The van der Waals surface area contributed by atoms with Gasteiger partial charge in [-0.05, 0) is 43.9 Å². The third-order valence-electron chi connectivity index (χ3n) is 5.95. The van der Waals surface area contributed by atoms with E-state index in [1.54, 1.807) is 0 Å². The first kappa shape index (κ1) is 18.9. The van der Waals surface area contributed by atoms with Gasteiger partial charge in [-0.3, -0.25) is 0 Å². The molecule has 1 saturated carbocycles. The predicted octanol–water partition coefficient (Wildman–Crippen LogP) is 5.77. The summed E-state index contributed by atoms with van der Waals surface area (Å²) in [7, 11) is 0. The Balaban J connectivity index is 1.75. The number of aliphatic hydroxyl groups excluding tert-OH is 1. The summed E-state index contributed by atoms with van der Waals surface area (Å²) >= 11 is 0. The molecule has 0 aromatic rings. The molecule has 0 heterocycles. The van der Waals surface area contributed by atoms with Crippen LogP contribution in [0.1, 0.15) is 78.1 Å². The summed E-state index contributed by atoms with van der Waals surface area (Å²) in [4.78, 5) is 0. The van der Waals surface area contributed by atoms with Crippen molar-refractivity contribution in [3.8, 4) is 0 Å². The van der Waals surface area contributed by atoms with E-state index in [9.17, 15) is 13.9 Å². The van der Waals surface area contributed by atoms with Crippen molar-refractivity contribution in [2.24, 2.45) is 17.8 Å². The van der Waals surface area contributed by atoms with Gasteiger partial charge in [0.15, 0.2) is 6.17 Å². The number of allylic oxidation sites excluding steroid dienone is 2. The zero-order chi connectivity index (χ0) is 16.8. The highest BCUT2D eigenvalue weighted by molar-refractivity contribution is 5.15. The molecule has 3 heteroatoms. The molecule has 2 aliphatic carbocycles. The van der Waals surface area contributed by atoms with E-state index in [0.29, 0.717) is 12.8 Å².